The van der Waals surface area contributed by atoms with Gasteiger partial charge in [0.2, 0.25) is 0 Å². The van der Waals surface area contributed by atoms with Gasteiger partial charge >= 0.3 is 0 Å². The number of nitrogens with zero attached hydrogens (tertiary/aromatic N) is 1. The molecule has 0 radical (unpaired) electrons. The van der Waals surface area contributed by atoms with Gasteiger partial charge in [-0.3, -0.25) is 14.8 Å². The Morgan fingerprint density at radius 1 is 1.55 bits per heavy atom. The van der Waals surface area contributed by atoms with Gasteiger partial charge in [-0.1, -0.05) is 0 Å². The lowest BCUT2D eigenvalue weighted by molar-refractivity contribution is -0.172. The number of halogens is 1. The van der Waals surface area contributed by atoms with Crippen molar-refractivity contribution in [1.29, 1.82) is 0 Å². The van der Waals surface area contributed by atoms with E-state index in [0.717, 1.165) is 0 Å². The number of methoxy groups -OCH3 is 1. The van der Waals surface area contributed by atoms with E-state index in [9.17, 15) is 14.8 Å². The number of hydrogen-bond donors (Lipinski definition) is 2. The van der Waals surface area contributed by atoms with Gasteiger partial charge in [0.1, 0.15) is 11.8 Å². The van der Waals surface area contributed by atoms with E-state index in [-0.39, 0.29) is 5.91 Å². The molecule has 6 nitrogen and oxygen atoms in total. The van der Waals surface area contributed by atoms with Gasteiger partial charge in [-0.2, -0.15) is 0 Å². The summed E-state index contributed by atoms with van der Waals surface area (Å²) < 4.78 is 5.68. The standard InChI is InChI=1S/C13H15BrN2O4/c1-20-8-4-5-10(14)9(7-8)12(17)15-11-3-2-6-16(19)13(11)18/h4-5,7,11,19H,2-3,6H2,1H3,(H,15,17)/t11-/m1/s1. The summed E-state index contributed by atoms with van der Waals surface area (Å²) in [6.07, 6.45) is 1.16. The Balaban J connectivity index is 2.13. The van der Waals surface area contributed by atoms with Gasteiger partial charge in [0.25, 0.3) is 11.8 Å². The molecule has 1 atom stereocenters. The molecule has 2 rings (SSSR count). The van der Waals surface area contributed by atoms with Crippen molar-refractivity contribution >= 4 is 27.7 Å². The molecule has 20 heavy (non-hydrogen) atoms. The van der Waals surface area contributed by atoms with E-state index >= 15 is 0 Å². The van der Waals surface area contributed by atoms with Crippen LogP contribution in [0.4, 0.5) is 0 Å². The van der Waals surface area contributed by atoms with Crippen LogP contribution in [0.25, 0.3) is 0 Å². The summed E-state index contributed by atoms with van der Waals surface area (Å²) >= 11 is 3.29. The average Bonchev–Trinajstić information content (AvgIpc) is 2.44. The van der Waals surface area contributed by atoms with Crippen LogP contribution in [0, 0.1) is 0 Å². The number of ether oxygens (including phenoxy) is 1. The van der Waals surface area contributed by atoms with Crippen molar-refractivity contribution in [2.24, 2.45) is 0 Å². The second-order valence-corrected chi connectivity index (χ2v) is 5.33. The monoisotopic (exact) mass is 342 g/mol. The molecule has 2 N–H and O–H groups in total. The zero-order valence-electron chi connectivity index (χ0n) is 10.9. The average molecular weight is 343 g/mol. The van der Waals surface area contributed by atoms with Crippen molar-refractivity contribution in [3.63, 3.8) is 0 Å². The van der Waals surface area contributed by atoms with E-state index < -0.39 is 11.9 Å². The molecule has 1 aromatic carbocycles. The molecular weight excluding hydrogens is 328 g/mol. The highest BCUT2D eigenvalue weighted by Crippen LogP contribution is 2.23. The van der Waals surface area contributed by atoms with E-state index in [1.165, 1.54) is 7.11 Å². The van der Waals surface area contributed by atoms with Gasteiger partial charge < -0.3 is 10.1 Å². The Labute approximate surface area is 124 Å². The van der Waals surface area contributed by atoms with E-state index in [1.807, 2.05) is 0 Å². The van der Waals surface area contributed by atoms with Crippen molar-refractivity contribution in [3.05, 3.63) is 28.2 Å². The topological polar surface area (TPSA) is 78.9 Å². The Hall–Kier alpha value is -1.60. The molecule has 1 aliphatic heterocycles. The minimum Gasteiger partial charge on any atom is -0.497 e. The fraction of sp³-hybridized carbons (Fsp3) is 0.385. The van der Waals surface area contributed by atoms with Crippen LogP contribution in [-0.4, -0.2) is 41.8 Å². The normalized spacial score (nSPS) is 18.9. The summed E-state index contributed by atoms with van der Waals surface area (Å²) in [7, 11) is 1.51. The molecule has 1 aliphatic rings. The molecule has 0 spiro atoms. The molecule has 0 bridgehead atoms. The molecule has 2 amide bonds. The zero-order chi connectivity index (χ0) is 14.7. The maximum Gasteiger partial charge on any atom is 0.268 e. The van der Waals surface area contributed by atoms with Crippen LogP contribution in [0.15, 0.2) is 22.7 Å². The second kappa shape index (κ2) is 6.23. The van der Waals surface area contributed by atoms with E-state index in [0.29, 0.717) is 40.2 Å². The lowest BCUT2D eigenvalue weighted by atomic mass is 10.1. The minimum atomic E-state index is -0.695. The SMILES string of the molecule is COc1ccc(Br)c(C(=O)N[C@@H]2CCCN(O)C2=O)c1. The Morgan fingerprint density at radius 2 is 2.30 bits per heavy atom. The highest BCUT2D eigenvalue weighted by molar-refractivity contribution is 9.10. The smallest absolute Gasteiger partial charge is 0.268 e. The number of amides is 2. The third-order valence-corrected chi connectivity index (χ3v) is 3.83. The number of benzene rings is 1. The number of piperidine rings is 1. The predicted octanol–water partition coefficient (Wildman–Crippen LogP) is 1.57. The van der Waals surface area contributed by atoms with Crippen LogP contribution in [0.1, 0.15) is 23.2 Å². The summed E-state index contributed by atoms with van der Waals surface area (Å²) in [5.41, 5.74) is 0.382. The van der Waals surface area contributed by atoms with Crippen molar-refractivity contribution in [2.75, 3.05) is 13.7 Å². The Bertz CT molecular complexity index is 535. The first-order valence-electron chi connectivity index (χ1n) is 6.17. The zero-order valence-corrected chi connectivity index (χ0v) is 12.5. The summed E-state index contributed by atoms with van der Waals surface area (Å²) in [5.74, 6) is -0.315. The number of hydroxylamine groups is 2. The molecule has 7 heteroatoms. The summed E-state index contributed by atoms with van der Waals surface area (Å²) in [4.78, 5) is 23.9. The van der Waals surface area contributed by atoms with Gasteiger partial charge in [0.05, 0.1) is 12.7 Å². The van der Waals surface area contributed by atoms with Crippen molar-refractivity contribution in [1.82, 2.24) is 10.4 Å². The van der Waals surface area contributed by atoms with Crippen molar-refractivity contribution < 1.29 is 19.5 Å². The maximum atomic E-state index is 12.2. The molecule has 1 heterocycles. The third kappa shape index (κ3) is 3.10. The minimum absolute atomic E-state index is 0.300. The molecule has 1 saturated heterocycles. The van der Waals surface area contributed by atoms with Gasteiger partial charge in [-0.05, 0) is 47.0 Å². The summed E-state index contributed by atoms with van der Waals surface area (Å²) in [6, 6.07) is 4.32. The van der Waals surface area contributed by atoms with Crippen LogP contribution in [-0.2, 0) is 4.79 Å². The fourth-order valence-corrected chi connectivity index (χ4v) is 2.46. The first kappa shape index (κ1) is 14.8. The van der Waals surface area contributed by atoms with Crippen LogP contribution >= 0.6 is 15.9 Å². The predicted molar refractivity (Wildman–Crippen MR) is 74.7 cm³/mol. The van der Waals surface area contributed by atoms with E-state index in [4.69, 9.17) is 4.74 Å². The van der Waals surface area contributed by atoms with Gasteiger partial charge in [-0.15, -0.1) is 0 Å². The highest BCUT2D eigenvalue weighted by Gasteiger charge is 2.29. The highest BCUT2D eigenvalue weighted by atomic mass is 79.9. The van der Waals surface area contributed by atoms with E-state index in [2.05, 4.69) is 21.2 Å². The lowest BCUT2D eigenvalue weighted by Crippen LogP contribution is -2.51. The van der Waals surface area contributed by atoms with E-state index in [1.54, 1.807) is 18.2 Å². The quantitative estimate of drug-likeness (QED) is 0.817. The molecule has 0 aromatic heterocycles. The first-order chi connectivity index (χ1) is 9.52. The fourth-order valence-electron chi connectivity index (χ4n) is 2.03. The van der Waals surface area contributed by atoms with Gasteiger partial charge in [-0.25, -0.2) is 5.06 Å². The molecule has 0 saturated carbocycles. The third-order valence-electron chi connectivity index (χ3n) is 3.14. The number of carbonyl (C=O) groups is 2. The number of hydrogen-bond acceptors (Lipinski definition) is 4. The van der Waals surface area contributed by atoms with Gasteiger partial charge in [0, 0.05) is 11.0 Å². The molecule has 1 aromatic rings. The molecule has 108 valence electrons. The van der Waals surface area contributed by atoms with Crippen LogP contribution in [0.5, 0.6) is 5.75 Å². The van der Waals surface area contributed by atoms with Gasteiger partial charge in [0.15, 0.2) is 0 Å². The van der Waals surface area contributed by atoms with Crippen LogP contribution in [0.3, 0.4) is 0 Å². The van der Waals surface area contributed by atoms with Crippen LogP contribution < -0.4 is 10.1 Å². The number of rotatable bonds is 3. The van der Waals surface area contributed by atoms with Crippen molar-refractivity contribution in [2.45, 2.75) is 18.9 Å². The lowest BCUT2D eigenvalue weighted by Gasteiger charge is -2.27. The largest absolute Gasteiger partial charge is 0.497 e. The molecule has 0 aliphatic carbocycles. The molecular formula is C13H15BrN2O4. The summed E-state index contributed by atoms with van der Waals surface area (Å²) in [6.45, 7) is 0.300. The Morgan fingerprint density at radius 3 is 3.00 bits per heavy atom. The second-order valence-electron chi connectivity index (χ2n) is 4.48. The van der Waals surface area contributed by atoms with Crippen LogP contribution in [0.2, 0.25) is 0 Å². The first-order valence-corrected chi connectivity index (χ1v) is 6.97. The Kier molecular flexibility index (Phi) is 4.61. The molecule has 1 fully saturated rings. The molecule has 0 unspecified atom stereocenters. The summed E-state index contributed by atoms with van der Waals surface area (Å²) in [5, 5.41) is 12.7. The number of nitrogens with one attached hydrogen (secondary N) is 1. The van der Waals surface area contributed by atoms with Crippen molar-refractivity contribution in [3.8, 4) is 5.75 Å². The number of carbonyl (C=O) groups excluding carboxylic acids is 2. The maximum absolute atomic E-state index is 12.2.